The Morgan fingerprint density at radius 3 is 2.28 bits per heavy atom. The molecule has 9 heteroatoms. The lowest BCUT2D eigenvalue weighted by Gasteiger charge is -2.35. The monoisotopic (exact) mass is 461 g/mol. The van der Waals surface area contributed by atoms with Crippen LogP contribution in [0.25, 0.3) is 0 Å². The molecule has 0 atom stereocenters. The van der Waals surface area contributed by atoms with E-state index in [1.807, 2.05) is 44.0 Å². The summed E-state index contributed by atoms with van der Waals surface area (Å²) in [6.45, 7) is 5.53. The van der Waals surface area contributed by atoms with Gasteiger partial charge in [0.15, 0.2) is 11.5 Å². The summed E-state index contributed by atoms with van der Waals surface area (Å²) in [4.78, 5) is 16.7. The number of amides is 1. The number of anilines is 1. The van der Waals surface area contributed by atoms with Crippen LogP contribution in [-0.2, 0) is 14.8 Å². The van der Waals surface area contributed by atoms with Crippen molar-refractivity contribution in [1.29, 1.82) is 0 Å². The maximum absolute atomic E-state index is 13.1. The van der Waals surface area contributed by atoms with Gasteiger partial charge in [-0.25, -0.2) is 8.42 Å². The van der Waals surface area contributed by atoms with Gasteiger partial charge in [0, 0.05) is 45.0 Å². The number of hydrogen-bond acceptors (Lipinski definition) is 6. The van der Waals surface area contributed by atoms with Crippen LogP contribution in [0.3, 0.4) is 0 Å². The number of benzene rings is 2. The van der Waals surface area contributed by atoms with Gasteiger partial charge in [-0.2, -0.15) is 4.31 Å². The number of nitrogens with zero attached hydrogens (tertiary/aromatic N) is 3. The molecule has 1 aliphatic heterocycles. The van der Waals surface area contributed by atoms with Crippen molar-refractivity contribution in [1.82, 2.24) is 9.21 Å². The van der Waals surface area contributed by atoms with Crippen molar-refractivity contribution in [2.24, 2.45) is 0 Å². The number of piperazine rings is 1. The standard InChI is InChI=1S/C23H31N3O5S/c1-17-7-6-8-20(18(17)2)24(3)16-23(27)25-11-13-26(14-12-25)32(28,29)19-9-10-21(30-4)22(15-19)31-5/h6-10,15H,11-14,16H2,1-5H3. The number of likely N-dealkylation sites (N-methyl/N-ethyl adjacent to an activating group) is 1. The van der Waals surface area contributed by atoms with Crippen LogP contribution in [0.4, 0.5) is 5.69 Å². The molecule has 1 aliphatic rings. The van der Waals surface area contributed by atoms with Gasteiger partial charge in [-0.05, 0) is 43.2 Å². The van der Waals surface area contributed by atoms with E-state index in [-0.39, 0.29) is 30.4 Å². The fourth-order valence-electron chi connectivity index (χ4n) is 3.84. The highest BCUT2D eigenvalue weighted by Gasteiger charge is 2.31. The predicted molar refractivity (Wildman–Crippen MR) is 124 cm³/mol. The molecular weight excluding hydrogens is 430 g/mol. The quantitative estimate of drug-likeness (QED) is 0.630. The third kappa shape index (κ3) is 4.83. The number of carbonyl (C=O) groups excluding carboxylic acids is 1. The van der Waals surface area contributed by atoms with E-state index in [1.54, 1.807) is 11.0 Å². The summed E-state index contributed by atoms with van der Waals surface area (Å²) in [5.41, 5.74) is 3.34. The molecule has 2 aromatic carbocycles. The molecule has 32 heavy (non-hydrogen) atoms. The van der Waals surface area contributed by atoms with Crippen LogP contribution >= 0.6 is 0 Å². The summed E-state index contributed by atoms with van der Waals surface area (Å²) in [6.07, 6.45) is 0. The number of ether oxygens (including phenoxy) is 2. The van der Waals surface area contributed by atoms with E-state index in [0.717, 1.165) is 11.3 Å². The first-order valence-corrected chi connectivity index (χ1v) is 11.9. The van der Waals surface area contributed by atoms with Crippen molar-refractivity contribution >= 4 is 21.6 Å². The SMILES string of the molecule is COc1ccc(S(=O)(=O)N2CCN(C(=O)CN(C)c3cccc(C)c3C)CC2)cc1OC. The van der Waals surface area contributed by atoms with Crippen LogP contribution in [0.2, 0.25) is 0 Å². The first kappa shape index (κ1) is 23.9. The first-order chi connectivity index (χ1) is 15.2. The second kappa shape index (κ2) is 9.79. The lowest BCUT2D eigenvalue weighted by atomic mass is 10.1. The fraction of sp³-hybridized carbons (Fsp3) is 0.435. The maximum Gasteiger partial charge on any atom is 0.243 e. The Morgan fingerprint density at radius 2 is 1.66 bits per heavy atom. The molecule has 0 aliphatic carbocycles. The number of rotatable bonds is 7. The van der Waals surface area contributed by atoms with E-state index < -0.39 is 10.0 Å². The van der Waals surface area contributed by atoms with E-state index in [9.17, 15) is 13.2 Å². The zero-order chi connectivity index (χ0) is 23.5. The Balaban J connectivity index is 1.64. The van der Waals surface area contributed by atoms with Crippen molar-refractivity contribution in [3.63, 3.8) is 0 Å². The molecule has 174 valence electrons. The van der Waals surface area contributed by atoms with Gasteiger partial charge in [0.2, 0.25) is 15.9 Å². The van der Waals surface area contributed by atoms with Crippen molar-refractivity contribution in [3.05, 3.63) is 47.5 Å². The Kier molecular flexibility index (Phi) is 7.30. The van der Waals surface area contributed by atoms with Gasteiger partial charge >= 0.3 is 0 Å². The molecule has 0 bridgehead atoms. The predicted octanol–water partition coefficient (Wildman–Crippen LogP) is 2.29. The molecule has 1 amide bonds. The third-order valence-electron chi connectivity index (χ3n) is 5.94. The van der Waals surface area contributed by atoms with E-state index in [2.05, 4.69) is 0 Å². The highest BCUT2D eigenvalue weighted by atomic mass is 32.2. The van der Waals surface area contributed by atoms with Gasteiger partial charge in [-0.1, -0.05) is 12.1 Å². The van der Waals surface area contributed by atoms with Crippen LogP contribution in [0.15, 0.2) is 41.3 Å². The van der Waals surface area contributed by atoms with Gasteiger partial charge < -0.3 is 19.3 Å². The first-order valence-electron chi connectivity index (χ1n) is 10.5. The van der Waals surface area contributed by atoms with E-state index in [1.165, 1.54) is 36.2 Å². The largest absolute Gasteiger partial charge is 0.493 e. The smallest absolute Gasteiger partial charge is 0.243 e. The summed E-state index contributed by atoms with van der Waals surface area (Å²) in [5.74, 6) is 0.809. The Morgan fingerprint density at radius 1 is 1.00 bits per heavy atom. The number of hydrogen-bond donors (Lipinski definition) is 0. The molecular formula is C23H31N3O5S. The molecule has 0 spiro atoms. The zero-order valence-electron chi connectivity index (χ0n) is 19.3. The number of methoxy groups -OCH3 is 2. The molecule has 0 radical (unpaired) electrons. The van der Waals surface area contributed by atoms with E-state index in [0.29, 0.717) is 24.6 Å². The van der Waals surface area contributed by atoms with Gasteiger partial charge in [0.25, 0.3) is 0 Å². The average Bonchev–Trinajstić information content (AvgIpc) is 2.80. The fourth-order valence-corrected chi connectivity index (χ4v) is 5.28. The Hall–Kier alpha value is -2.78. The van der Waals surface area contributed by atoms with Crippen molar-refractivity contribution in [3.8, 4) is 11.5 Å². The van der Waals surface area contributed by atoms with Gasteiger partial charge in [-0.3, -0.25) is 4.79 Å². The molecule has 1 heterocycles. The van der Waals surface area contributed by atoms with Crippen molar-refractivity contribution < 1.29 is 22.7 Å². The van der Waals surface area contributed by atoms with Gasteiger partial charge in [-0.15, -0.1) is 0 Å². The second-order valence-electron chi connectivity index (χ2n) is 7.88. The lowest BCUT2D eigenvalue weighted by molar-refractivity contribution is -0.130. The molecule has 0 aromatic heterocycles. The molecule has 8 nitrogen and oxygen atoms in total. The minimum atomic E-state index is -3.70. The highest BCUT2D eigenvalue weighted by molar-refractivity contribution is 7.89. The molecule has 0 saturated carbocycles. The topological polar surface area (TPSA) is 79.4 Å². The molecule has 2 aromatic rings. The van der Waals surface area contributed by atoms with Crippen LogP contribution in [-0.4, -0.2) is 77.5 Å². The molecule has 0 N–H and O–H groups in total. The van der Waals surface area contributed by atoms with Crippen molar-refractivity contribution in [2.75, 3.05) is 58.9 Å². The summed E-state index contributed by atoms with van der Waals surface area (Å²) < 4.78 is 38.0. The van der Waals surface area contributed by atoms with Gasteiger partial charge in [0.1, 0.15) is 0 Å². The average molecular weight is 462 g/mol. The highest BCUT2D eigenvalue weighted by Crippen LogP contribution is 2.31. The van der Waals surface area contributed by atoms with Crippen molar-refractivity contribution in [2.45, 2.75) is 18.7 Å². The molecule has 0 unspecified atom stereocenters. The van der Waals surface area contributed by atoms with E-state index >= 15 is 0 Å². The van der Waals surface area contributed by atoms with Crippen LogP contribution in [0, 0.1) is 13.8 Å². The maximum atomic E-state index is 13.1. The Bertz CT molecular complexity index is 1080. The van der Waals surface area contributed by atoms with Crippen LogP contribution in [0.5, 0.6) is 11.5 Å². The third-order valence-corrected chi connectivity index (χ3v) is 7.84. The molecule has 3 rings (SSSR count). The summed E-state index contributed by atoms with van der Waals surface area (Å²) >= 11 is 0. The van der Waals surface area contributed by atoms with Gasteiger partial charge in [0.05, 0.1) is 25.7 Å². The molecule has 1 fully saturated rings. The lowest BCUT2D eigenvalue weighted by Crippen LogP contribution is -2.52. The number of sulfonamides is 1. The second-order valence-corrected chi connectivity index (χ2v) is 9.81. The number of aryl methyl sites for hydroxylation is 1. The van der Waals surface area contributed by atoms with Crippen LogP contribution < -0.4 is 14.4 Å². The minimum absolute atomic E-state index is 0.0171. The van der Waals surface area contributed by atoms with Crippen LogP contribution in [0.1, 0.15) is 11.1 Å². The summed E-state index contributed by atoms with van der Waals surface area (Å²) in [7, 11) is 1.17. The van der Waals surface area contributed by atoms with E-state index in [4.69, 9.17) is 9.47 Å². The molecule has 1 saturated heterocycles. The normalized spacial score (nSPS) is 14.8. The minimum Gasteiger partial charge on any atom is -0.493 e. The summed E-state index contributed by atoms with van der Waals surface area (Å²) in [6, 6.07) is 10.6. The zero-order valence-corrected chi connectivity index (χ0v) is 20.1. The number of carbonyl (C=O) groups is 1. The Labute approximate surface area is 190 Å². The summed E-state index contributed by atoms with van der Waals surface area (Å²) in [5, 5.41) is 0.